The van der Waals surface area contributed by atoms with Crippen LogP contribution in [-0.4, -0.2) is 26.9 Å². The van der Waals surface area contributed by atoms with Crippen molar-refractivity contribution in [2.45, 2.75) is 58.5 Å². The minimum absolute atomic E-state index is 0.0634. The lowest BCUT2D eigenvalue weighted by molar-refractivity contribution is -0.0236. The Bertz CT molecular complexity index is 245. The van der Waals surface area contributed by atoms with Gasteiger partial charge in [0.2, 0.25) is 0 Å². The summed E-state index contributed by atoms with van der Waals surface area (Å²) in [5, 5.41) is 0. The molecule has 0 aromatic rings. The molecular formula is C11H23BO2Si. The number of hydrogen-bond donors (Lipinski definition) is 0. The van der Waals surface area contributed by atoms with Crippen LogP contribution in [0.2, 0.25) is 19.6 Å². The Morgan fingerprint density at radius 2 is 1.93 bits per heavy atom. The highest BCUT2D eigenvalue weighted by molar-refractivity contribution is 6.81. The van der Waals surface area contributed by atoms with Gasteiger partial charge >= 0.3 is 7.12 Å². The fourth-order valence-electron chi connectivity index (χ4n) is 1.81. The highest BCUT2D eigenvalue weighted by Gasteiger charge is 2.35. The summed E-state index contributed by atoms with van der Waals surface area (Å²) in [6.07, 6.45) is 1.25. The van der Waals surface area contributed by atoms with Crippen molar-refractivity contribution < 1.29 is 9.31 Å². The lowest BCUT2D eigenvalue weighted by Crippen LogP contribution is -2.45. The van der Waals surface area contributed by atoms with Crippen LogP contribution in [0.25, 0.3) is 0 Å². The lowest BCUT2D eigenvalue weighted by Gasteiger charge is -2.37. The first-order chi connectivity index (χ1) is 6.68. The first-order valence-electron chi connectivity index (χ1n) is 5.71. The third-order valence-electron chi connectivity index (χ3n) is 2.33. The first kappa shape index (κ1) is 13.0. The van der Waals surface area contributed by atoms with Gasteiger partial charge < -0.3 is 9.31 Å². The van der Waals surface area contributed by atoms with E-state index in [9.17, 15) is 0 Å². The van der Waals surface area contributed by atoms with Crippen LogP contribution >= 0.6 is 0 Å². The Morgan fingerprint density at radius 1 is 1.33 bits per heavy atom. The molecule has 0 amide bonds. The summed E-state index contributed by atoms with van der Waals surface area (Å²) >= 11 is 0. The first-order valence-corrected chi connectivity index (χ1v) is 9.28. The molecule has 0 radical (unpaired) electrons. The molecule has 4 heteroatoms. The smallest absolute Gasteiger partial charge is 0.405 e. The van der Waals surface area contributed by atoms with Gasteiger partial charge in [0.05, 0.1) is 13.7 Å². The summed E-state index contributed by atoms with van der Waals surface area (Å²) in [6, 6.07) is 0. The van der Waals surface area contributed by atoms with Gasteiger partial charge in [-0.2, -0.15) is 0 Å². The van der Waals surface area contributed by atoms with E-state index in [2.05, 4.69) is 52.1 Å². The molecule has 0 spiro atoms. The van der Waals surface area contributed by atoms with Crippen molar-refractivity contribution in [3.05, 3.63) is 11.7 Å². The van der Waals surface area contributed by atoms with Crippen LogP contribution in [0.15, 0.2) is 11.7 Å². The second-order valence-electron chi connectivity index (χ2n) is 6.12. The van der Waals surface area contributed by atoms with Crippen molar-refractivity contribution in [3.8, 4) is 0 Å². The van der Waals surface area contributed by atoms with E-state index in [0.29, 0.717) is 0 Å². The number of hydrogen-bond acceptors (Lipinski definition) is 2. The van der Waals surface area contributed by atoms with Crippen LogP contribution in [0, 0.1) is 0 Å². The van der Waals surface area contributed by atoms with Crippen LogP contribution < -0.4 is 0 Å². The van der Waals surface area contributed by atoms with Gasteiger partial charge in [-0.25, -0.2) is 0 Å². The van der Waals surface area contributed by atoms with Gasteiger partial charge in [0, 0.05) is 6.10 Å². The zero-order valence-electron chi connectivity index (χ0n) is 10.8. The second-order valence-corrected chi connectivity index (χ2v) is 11.2. The summed E-state index contributed by atoms with van der Waals surface area (Å²) in [5.74, 6) is 2.09. The molecule has 0 saturated carbocycles. The molecule has 0 bridgehead atoms. The molecule has 0 N–H and O–H groups in total. The van der Waals surface area contributed by atoms with E-state index in [4.69, 9.17) is 9.31 Å². The molecule has 1 fully saturated rings. The topological polar surface area (TPSA) is 18.5 Å². The minimum Gasteiger partial charge on any atom is -0.405 e. The van der Waals surface area contributed by atoms with Crippen molar-refractivity contribution in [2.75, 3.05) is 0 Å². The molecule has 2 nitrogen and oxygen atoms in total. The van der Waals surface area contributed by atoms with Gasteiger partial charge in [-0.1, -0.05) is 25.6 Å². The maximum atomic E-state index is 5.85. The fourth-order valence-corrected chi connectivity index (χ4v) is 2.55. The molecule has 1 aliphatic heterocycles. The highest BCUT2D eigenvalue weighted by Crippen LogP contribution is 2.26. The lowest BCUT2D eigenvalue weighted by atomic mass is 9.83. The average molecular weight is 226 g/mol. The Labute approximate surface area is 95.2 Å². The van der Waals surface area contributed by atoms with E-state index in [1.54, 1.807) is 0 Å². The molecule has 0 aliphatic carbocycles. The minimum atomic E-state index is -1.15. The molecule has 1 aliphatic rings. The van der Waals surface area contributed by atoms with E-state index in [1.165, 1.54) is 0 Å². The summed E-state index contributed by atoms with van der Waals surface area (Å²) in [5.41, 5.74) is 2.22. The van der Waals surface area contributed by atoms with Crippen LogP contribution in [0.4, 0.5) is 0 Å². The van der Waals surface area contributed by atoms with E-state index in [1.807, 2.05) is 0 Å². The van der Waals surface area contributed by atoms with Gasteiger partial charge in [0.25, 0.3) is 0 Å². The summed E-state index contributed by atoms with van der Waals surface area (Å²) < 4.78 is 11.6. The maximum absolute atomic E-state index is 5.85. The van der Waals surface area contributed by atoms with Crippen LogP contribution in [0.3, 0.4) is 0 Å². The van der Waals surface area contributed by atoms with Gasteiger partial charge in [-0.3, -0.25) is 0 Å². The molecular weight excluding hydrogens is 203 g/mol. The SMILES string of the molecule is CC1CC(C)(C)OB(/C=C/[Si](C)(C)C)O1. The summed E-state index contributed by atoms with van der Waals surface area (Å²) in [4.78, 5) is 0. The molecule has 0 aromatic carbocycles. The van der Waals surface area contributed by atoms with Crippen molar-refractivity contribution in [1.82, 2.24) is 0 Å². The number of rotatable bonds is 2. The Morgan fingerprint density at radius 3 is 2.40 bits per heavy atom. The van der Waals surface area contributed by atoms with Crippen molar-refractivity contribution >= 4 is 15.2 Å². The van der Waals surface area contributed by atoms with E-state index >= 15 is 0 Å². The van der Waals surface area contributed by atoms with Gasteiger partial charge in [0.15, 0.2) is 0 Å². The predicted molar refractivity (Wildman–Crippen MR) is 68.6 cm³/mol. The largest absolute Gasteiger partial charge is 0.485 e. The Kier molecular flexibility index (Phi) is 3.85. The molecule has 86 valence electrons. The van der Waals surface area contributed by atoms with Crippen LogP contribution in [-0.2, 0) is 9.31 Å². The standard InChI is InChI=1S/C11H23BO2Si/c1-10-9-11(2,3)14-12(13-10)7-8-15(4,5)6/h7-8,10H,9H2,1-6H3/b8-7+. The predicted octanol–water partition coefficient (Wildman–Crippen LogP) is 3.05. The molecule has 1 unspecified atom stereocenters. The van der Waals surface area contributed by atoms with Crippen LogP contribution in [0.1, 0.15) is 27.2 Å². The maximum Gasteiger partial charge on any atom is 0.485 e. The van der Waals surface area contributed by atoms with Crippen molar-refractivity contribution in [3.63, 3.8) is 0 Å². The fraction of sp³-hybridized carbons (Fsp3) is 0.818. The van der Waals surface area contributed by atoms with Crippen molar-refractivity contribution in [1.29, 1.82) is 0 Å². The van der Waals surface area contributed by atoms with E-state index < -0.39 is 8.07 Å². The Hall–Kier alpha value is -0.0582. The molecule has 1 saturated heterocycles. The average Bonchev–Trinajstić information content (AvgIpc) is 1.95. The second kappa shape index (κ2) is 4.44. The van der Waals surface area contributed by atoms with Gasteiger partial charge in [-0.05, 0) is 27.2 Å². The molecule has 0 aromatic heterocycles. The zero-order chi connectivity index (χ0) is 11.7. The molecule has 1 rings (SSSR count). The molecule has 15 heavy (non-hydrogen) atoms. The third-order valence-corrected chi connectivity index (χ3v) is 3.53. The van der Waals surface area contributed by atoms with E-state index in [-0.39, 0.29) is 18.8 Å². The van der Waals surface area contributed by atoms with E-state index in [0.717, 1.165) is 6.42 Å². The third kappa shape index (κ3) is 5.00. The highest BCUT2D eigenvalue weighted by atomic mass is 28.3. The normalized spacial score (nSPS) is 27.3. The van der Waals surface area contributed by atoms with Gasteiger partial charge in [0.1, 0.15) is 0 Å². The van der Waals surface area contributed by atoms with Gasteiger partial charge in [-0.15, -0.1) is 5.70 Å². The quantitative estimate of drug-likeness (QED) is 0.674. The molecule has 1 atom stereocenters. The monoisotopic (exact) mass is 226 g/mol. The summed E-state index contributed by atoms with van der Waals surface area (Å²) in [7, 11) is -1.31. The Balaban J connectivity index is 2.60. The zero-order valence-corrected chi connectivity index (χ0v) is 11.8. The van der Waals surface area contributed by atoms with Crippen LogP contribution in [0.5, 0.6) is 0 Å². The molecule has 1 heterocycles. The summed E-state index contributed by atoms with van der Waals surface area (Å²) in [6.45, 7) is 13.3. The van der Waals surface area contributed by atoms with Crippen molar-refractivity contribution in [2.24, 2.45) is 0 Å².